The SMILES string of the molecule is CN(C)c1cc(CO)cc2c1CNC2=O. The van der Waals surface area contributed by atoms with Crippen molar-refractivity contribution in [1.29, 1.82) is 0 Å². The summed E-state index contributed by atoms with van der Waals surface area (Å²) < 4.78 is 0. The molecule has 1 aliphatic rings. The second-order valence-electron chi connectivity index (χ2n) is 3.88. The highest BCUT2D eigenvalue weighted by molar-refractivity contribution is 6.00. The monoisotopic (exact) mass is 206 g/mol. The van der Waals surface area contributed by atoms with E-state index in [2.05, 4.69) is 5.32 Å². The number of carbonyl (C=O) groups is 1. The number of fused-ring (bicyclic) bond motifs is 1. The van der Waals surface area contributed by atoms with Crippen LogP contribution in [0.4, 0.5) is 5.69 Å². The lowest BCUT2D eigenvalue weighted by Gasteiger charge is -2.17. The van der Waals surface area contributed by atoms with Crippen molar-refractivity contribution in [3.05, 3.63) is 28.8 Å². The van der Waals surface area contributed by atoms with Crippen molar-refractivity contribution < 1.29 is 9.90 Å². The highest BCUT2D eigenvalue weighted by Crippen LogP contribution is 2.28. The molecule has 1 aromatic rings. The summed E-state index contributed by atoms with van der Waals surface area (Å²) in [6.07, 6.45) is 0. The molecule has 0 fully saturated rings. The molecule has 0 radical (unpaired) electrons. The molecular weight excluding hydrogens is 192 g/mol. The summed E-state index contributed by atoms with van der Waals surface area (Å²) in [4.78, 5) is 13.5. The lowest BCUT2D eigenvalue weighted by Crippen LogP contribution is -2.12. The average Bonchev–Trinajstić information content (AvgIpc) is 2.59. The maximum absolute atomic E-state index is 11.5. The van der Waals surface area contributed by atoms with E-state index < -0.39 is 0 Å². The van der Waals surface area contributed by atoms with Gasteiger partial charge in [-0.3, -0.25) is 4.79 Å². The van der Waals surface area contributed by atoms with Crippen LogP contribution in [-0.2, 0) is 13.2 Å². The second kappa shape index (κ2) is 3.55. The van der Waals surface area contributed by atoms with Crippen molar-refractivity contribution in [1.82, 2.24) is 5.32 Å². The van der Waals surface area contributed by atoms with E-state index in [0.717, 1.165) is 16.8 Å². The molecule has 1 aliphatic heterocycles. The first-order valence-electron chi connectivity index (χ1n) is 4.85. The van der Waals surface area contributed by atoms with E-state index in [0.29, 0.717) is 12.1 Å². The van der Waals surface area contributed by atoms with Crippen LogP contribution in [0, 0.1) is 0 Å². The molecule has 0 aliphatic carbocycles. The van der Waals surface area contributed by atoms with E-state index in [1.54, 1.807) is 6.07 Å². The molecule has 0 spiro atoms. The smallest absolute Gasteiger partial charge is 0.251 e. The van der Waals surface area contributed by atoms with Crippen molar-refractivity contribution in [2.75, 3.05) is 19.0 Å². The number of carbonyl (C=O) groups excluding carboxylic acids is 1. The van der Waals surface area contributed by atoms with Gasteiger partial charge in [-0.2, -0.15) is 0 Å². The lowest BCUT2D eigenvalue weighted by molar-refractivity contribution is 0.0965. The Labute approximate surface area is 88.5 Å². The first kappa shape index (κ1) is 9.98. The number of benzene rings is 1. The molecule has 1 aromatic carbocycles. The van der Waals surface area contributed by atoms with Crippen LogP contribution < -0.4 is 10.2 Å². The second-order valence-corrected chi connectivity index (χ2v) is 3.88. The molecule has 0 unspecified atom stereocenters. The van der Waals surface area contributed by atoms with Crippen molar-refractivity contribution in [3.63, 3.8) is 0 Å². The van der Waals surface area contributed by atoms with Gasteiger partial charge in [-0.15, -0.1) is 0 Å². The lowest BCUT2D eigenvalue weighted by atomic mass is 10.0. The quantitative estimate of drug-likeness (QED) is 0.740. The van der Waals surface area contributed by atoms with Gasteiger partial charge in [0.2, 0.25) is 0 Å². The molecule has 2 rings (SSSR count). The van der Waals surface area contributed by atoms with Crippen LogP contribution in [0.25, 0.3) is 0 Å². The van der Waals surface area contributed by atoms with Gasteiger partial charge >= 0.3 is 0 Å². The van der Waals surface area contributed by atoms with Crippen LogP contribution in [0.5, 0.6) is 0 Å². The van der Waals surface area contributed by atoms with Gasteiger partial charge in [0.15, 0.2) is 0 Å². The van der Waals surface area contributed by atoms with Crippen LogP contribution in [-0.4, -0.2) is 25.1 Å². The molecule has 2 N–H and O–H groups in total. The first-order chi connectivity index (χ1) is 7.13. The van der Waals surface area contributed by atoms with Crippen LogP contribution in [0.2, 0.25) is 0 Å². The Bertz CT molecular complexity index is 413. The fourth-order valence-electron chi connectivity index (χ4n) is 1.86. The molecule has 0 aromatic heterocycles. The molecule has 0 saturated carbocycles. The minimum atomic E-state index is -0.0524. The summed E-state index contributed by atoms with van der Waals surface area (Å²) in [7, 11) is 3.86. The number of rotatable bonds is 2. The minimum absolute atomic E-state index is 0.0403. The number of aliphatic hydroxyl groups is 1. The number of nitrogens with one attached hydrogen (secondary N) is 1. The van der Waals surface area contributed by atoms with Crippen molar-refractivity contribution in [2.45, 2.75) is 13.2 Å². The molecule has 4 nitrogen and oxygen atoms in total. The van der Waals surface area contributed by atoms with E-state index in [1.807, 2.05) is 25.1 Å². The third-order valence-corrected chi connectivity index (χ3v) is 2.62. The van der Waals surface area contributed by atoms with Gasteiger partial charge in [0.25, 0.3) is 5.91 Å². The molecule has 0 atom stereocenters. The molecule has 1 amide bonds. The van der Waals surface area contributed by atoms with E-state index in [-0.39, 0.29) is 12.5 Å². The first-order valence-corrected chi connectivity index (χ1v) is 4.85. The van der Waals surface area contributed by atoms with Crippen LogP contribution in [0.1, 0.15) is 21.5 Å². The topological polar surface area (TPSA) is 52.6 Å². The van der Waals surface area contributed by atoms with E-state index in [4.69, 9.17) is 5.11 Å². The van der Waals surface area contributed by atoms with Gasteiger partial charge in [0, 0.05) is 37.5 Å². The van der Waals surface area contributed by atoms with Gasteiger partial charge in [-0.1, -0.05) is 0 Å². The summed E-state index contributed by atoms with van der Waals surface area (Å²) in [6, 6.07) is 3.67. The predicted octanol–water partition coefficient (Wildman–Crippen LogP) is 0.488. The van der Waals surface area contributed by atoms with Crippen molar-refractivity contribution >= 4 is 11.6 Å². The predicted molar refractivity (Wildman–Crippen MR) is 57.9 cm³/mol. The number of amides is 1. The van der Waals surface area contributed by atoms with Crippen molar-refractivity contribution in [3.8, 4) is 0 Å². The highest BCUT2D eigenvalue weighted by Gasteiger charge is 2.23. The zero-order valence-electron chi connectivity index (χ0n) is 8.87. The minimum Gasteiger partial charge on any atom is -0.392 e. The zero-order valence-corrected chi connectivity index (χ0v) is 8.87. The van der Waals surface area contributed by atoms with Gasteiger partial charge < -0.3 is 15.3 Å². The number of hydrogen-bond donors (Lipinski definition) is 2. The molecule has 80 valence electrons. The third-order valence-electron chi connectivity index (χ3n) is 2.62. The Morgan fingerprint density at radius 2 is 2.20 bits per heavy atom. The molecule has 4 heteroatoms. The van der Waals surface area contributed by atoms with Crippen molar-refractivity contribution in [2.24, 2.45) is 0 Å². The summed E-state index contributed by atoms with van der Waals surface area (Å²) >= 11 is 0. The Hall–Kier alpha value is -1.55. The van der Waals surface area contributed by atoms with Gasteiger partial charge in [-0.05, 0) is 17.7 Å². The van der Waals surface area contributed by atoms with Crippen LogP contribution in [0.15, 0.2) is 12.1 Å². The average molecular weight is 206 g/mol. The van der Waals surface area contributed by atoms with Gasteiger partial charge in [0.05, 0.1) is 6.61 Å². The molecule has 0 saturated heterocycles. The highest BCUT2D eigenvalue weighted by atomic mass is 16.3. The number of aliphatic hydroxyl groups excluding tert-OH is 1. The maximum Gasteiger partial charge on any atom is 0.251 e. The number of hydrogen-bond acceptors (Lipinski definition) is 3. The summed E-state index contributed by atoms with van der Waals surface area (Å²) in [5.41, 5.74) is 3.47. The zero-order chi connectivity index (χ0) is 11.0. The third kappa shape index (κ3) is 1.57. The summed E-state index contributed by atoms with van der Waals surface area (Å²) in [5, 5.41) is 11.9. The van der Waals surface area contributed by atoms with E-state index in [9.17, 15) is 4.79 Å². The largest absolute Gasteiger partial charge is 0.392 e. The Morgan fingerprint density at radius 1 is 1.47 bits per heavy atom. The maximum atomic E-state index is 11.5. The Morgan fingerprint density at radius 3 is 2.80 bits per heavy atom. The number of nitrogens with zero attached hydrogens (tertiary/aromatic N) is 1. The summed E-state index contributed by atoms with van der Waals surface area (Å²) in [6.45, 7) is 0.536. The normalized spacial score (nSPS) is 13.7. The fraction of sp³-hybridized carbons (Fsp3) is 0.364. The van der Waals surface area contributed by atoms with Crippen LogP contribution in [0.3, 0.4) is 0 Å². The fourth-order valence-corrected chi connectivity index (χ4v) is 1.86. The van der Waals surface area contributed by atoms with Gasteiger partial charge in [0.1, 0.15) is 0 Å². The summed E-state index contributed by atoms with van der Waals surface area (Å²) in [5.74, 6) is -0.0524. The Balaban J connectivity index is 2.60. The number of anilines is 1. The molecule has 15 heavy (non-hydrogen) atoms. The van der Waals surface area contributed by atoms with E-state index >= 15 is 0 Å². The molecule has 1 heterocycles. The Kier molecular flexibility index (Phi) is 2.36. The standard InChI is InChI=1S/C11H14N2O2/c1-13(2)10-4-7(6-14)3-8-9(10)5-12-11(8)15/h3-4,14H,5-6H2,1-2H3,(H,12,15). The van der Waals surface area contributed by atoms with Crippen LogP contribution >= 0.6 is 0 Å². The van der Waals surface area contributed by atoms with Gasteiger partial charge in [-0.25, -0.2) is 0 Å². The molecule has 0 bridgehead atoms. The van der Waals surface area contributed by atoms with E-state index in [1.165, 1.54) is 0 Å². The molecular formula is C11H14N2O2.